The van der Waals surface area contributed by atoms with Crippen LogP contribution in [0.1, 0.15) is 39.0 Å². The highest BCUT2D eigenvalue weighted by Gasteiger charge is 2.42. The lowest BCUT2D eigenvalue weighted by molar-refractivity contribution is -0.138. The molecule has 172 valence electrons. The molecule has 8 nitrogen and oxygen atoms in total. The highest BCUT2D eigenvalue weighted by molar-refractivity contribution is 7.91. The van der Waals surface area contributed by atoms with Crippen LogP contribution in [0.5, 0.6) is 0 Å². The molecule has 3 saturated heterocycles. The summed E-state index contributed by atoms with van der Waals surface area (Å²) in [6.07, 6.45) is 4.59. The van der Waals surface area contributed by atoms with Crippen molar-refractivity contribution in [2.45, 2.75) is 55.3 Å². The maximum Gasteiger partial charge on any atom is 0.253 e. The van der Waals surface area contributed by atoms with Crippen LogP contribution in [0.3, 0.4) is 0 Å². The van der Waals surface area contributed by atoms with Gasteiger partial charge in [0.1, 0.15) is 10.3 Å². The molecule has 3 aliphatic rings. The van der Waals surface area contributed by atoms with Crippen molar-refractivity contribution in [2.24, 2.45) is 0 Å². The minimum absolute atomic E-state index is 0.103. The molecule has 2 amide bonds. The number of likely N-dealkylation sites (tertiary alicyclic amines) is 1. The fraction of sp³-hybridized carbons (Fsp3) is 0.714. The molecule has 4 heterocycles. The van der Waals surface area contributed by atoms with Crippen LogP contribution in [0.2, 0.25) is 0 Å². The summed E-state index contributed by atoms with van der Waals surface area (Å²) >= 11 is 1.19. The molecule has 1 aromatic heterocycles. The van der Waals surface area contributed by atoms with Crippen molar-refractivity contribution in [1.29, 1.82) is 0 Å². The second kappa shape index (κ2) is 9.56. The summed E-state index contributed by atoms with van der Waals surface area (Å²) in [4.78, 5) is 31.8. The number of hydrogen-bond acceptors (Lipinski definition) is 6. The van der Waals surface area contributed by atoms with E-state index in [2.05, 4.69) is 11.8 Å². The predicted octanol–water partition coefficient (Wildman–Crippen LogP) is 1.45. The van der Waals surface area contributed by atoms with Gasteiger partial charge in [0.25, 0.3) is 10.0 Å². The molecule has 10 heteroatoms. The van der Waals surface area contributed by atoms with Crippen LogP contribution >= 0.6 is 11.3 Å². The van der Waals surface area contributed by atoms with E-state index in [1.807, 2.05) is 4.90 Å². The van der Waals surface area contributed by atoms with Gasteiger partial charge < -0.3 is 9.80 Å². The highest BCUT2D eigenvalue weighted by atomic mass is 32.2. The first-order chi connectivity index (χ1) is 14.9. The molecular formula is C21H32N4O4S2. The van der Waals surface area contributed by atoms with Gasteiger partial charge >= 0.3 is 0 Å². The van der Waals surface area contributed by atoms with Gasteiger partial charge in [-0.05, 0) is 50.5 Å². The van der Waals surface area contributed by atoms with E-state index in [9.17, 15) is 18.0 Å². The molecule has 3 aliphatic heterocycles. The van der Waals surface area contributed by atoms with Gasteiger partial charge in [-0.3, -0.25) is 14.5 Å². The second-order valence-electron chi connectivity index (χ2n) is 8.74. The van der Waals surface area contributed by atoms with Gasteiger partial charge in [-0.15, -0.1) is 11.3 Å². The number of thiophene rings is 1. The van der Waals surface area contributed by atoms with Gasteiger partial charge in [0.15, 0.2) is 0 Å². The predicted molar refractivity (Wildman–Crippen MR) is 119 cm³/mol. The van der Waals surface area contributed by atoms with Crippen molar-refractivity contribution in [2.75, 3.05) is 45.8 Å². The molecule has 0 saturated carbocycles. The van der Waals surface area contributed by atoms with Gasteiger partial charge in [0, 0.05) is 45.3 Å². The first-order valence-electron chi connectivity index (χ1n) is 11.2. The minimum atomic E-state index is -3.63. The fourth-order valence-electron chi connectivity index (χ4n) is 4.89. The lowest BCUT2D eigenvalue weighted by atomic mass is 10.0. The zero-order chi connectivity index (χ0) is 22.0. The maximum atomic E-state index is 13.2. The molecule has 0 N–H and O–H groups in total. The Bertz CT molecular complexity index is 881. The van der Waals surface area contributed by atoms with Gasteiger partial charge in [0.05, 0.1) is 6.54 Å². The molecule has 3 fully saturated rings. The van der Waals surface area contributed by atoms with Crippen molar-refractivity contribution >= 4 is 33.2 Å². The Morgan fingerprint density at radius 2 is 1.81 bits per heavy atom. The Morgan fingerprint density at radius 1 is 1.03 bits per heavy atom. The first kappa shape index (κ1) is 22.7. The van der Waals surface area contributed by atoms with Crippen LogP contribution in [0.4, 0.5) is 0 Å². The van der Waals surface area contributed by atoms with Crippen molar-refractivity contribution < 1.29 is 18.0 Å². The summed E-state index contributed by atoms with van der Waals surface area (Å²) in [7, 11) is -3.63. The summed E-state index contributed by atoms with van der Waals surface area (Å²) in [6, 6.07) is 3.01. The lowest BCUT2D eigenvalue weighted by Gasteiger charge is -2.39. The van der Waals surface area contributed by atoms with Crippen molar-refractivity contribution in [3.63, 3.8) is 0 Å². The molecule has 0 radical (unpaired) electrons. The summed E-state index contributed by atoms with van der Waals surface area (Å²) in [6.45, 7) is 6.10. The molecule has 0 aromatic carbocycles. The Morgan fingerprint density at radius 3 is 2.48 bits per heavy atom. The summed E-state index contributed by atoms with van der Waals surface area (Å²) in [5.74, 6) is 0.0734. The Balaban J connectivity index is 1.32. The third kappa shape index (κ3) is 4.81. The molecule has 31 heavy (non-hydrogen) atoms. The number of piperidine rings is 1. The summed E-state index contributed by atoms with van der Waals surface area (Å²) < 4.78 is 27.6. The summed E-state index contributed by atoms with van der Waals surface area (Å²) in [5, 5.41) is 1.74. The zero-order valence-corrected chi connectivity index (χ0v) is 19.7. The number of amides is 2. The SMILES string of the molecule is CC1CCCCN1C(=O)CN1CCN(C(=O)C2CCCN2S(=O)(=O)c2cccs2)CC1. The second-order valence-corrected chi connectivity index (χ2v) is 11.8. The molecule has 0 bridgehead atoms. The third-order valence-electron chi connectivity index (χ3n) is 6.71. The van der Waals surface area contributed by atoms with E-state index >= 15 is 0 Å². The van der Waals surface area contributed by atoms with Crippen LogP contribution < -0.4 is 0 Å². The highest BCUT2D eigenvalue weighted by Crippen LogP contribution is 2.29. The van der Waals surface area contributed by atoms with Gasteiger partial charge in [0.2, 0.25) is 11.8 Å². The van der Waals surface area contributed by atoms with Crippen LogP contribution in [0.25, 0.3) is 0 Å². The molecule has 0 spiro atoms. The molecular weight excluding hydrogens is 436 g/mol. The van der Waals surface area contributed by atoms with Crippen LogP contribution in [0, 0.1) is 0 Å². The van der Waals surface area contributed by atoms with E-state index in [4.69, 9.17) is 0 Å². The third-order valence-corrected chi connectivity index (χ3v) is 9.99. The molecule has 0 aliphatic carbocycles. The normalized spacial score (nSPS) is 26.4. The fourth-order valence-corrected chi connectivity index (χ4v) is 7.66. The molecule has 2 atom stereocenters. The van der Waals surface area contributed by atoms with Crippen molar-refractivity contribution in [3.05, 3.63) is 17.5 Å². The van der Waals surface area contributed by atoms with E-state index in [0.717, 1.165) is 19.4 Å². The first-order valence-corrected chi connectivity index (χ1v) is 13.6. The number of sulfonamides is 1. The topological polar surface area (TPSA) is 81.2 Å². The summed E-state index contributed by atoms with van der Waals surface area (Å²) in [5.41, 5.74) is 0. The van der Waals surface area contributed by atoms with Crippen molar-refractivity contribution in [3.8, 4) is 0 Å². The number of nitrogens with zero attached hydrogens (tertiary/aromatic N) is 4. The zero-order valence-electron chi connectivity index (χ0n) is 18.1. The lowest BCUT2D eigenvalue weighted by Crippen LogP contribution is -2.56. The number of piperazine rings is 1. The van der Waals surface area contributed by atoms with E-state index in [0.29, 0.717) is 62.4 Å². The van der Waals surface area contributed by atoms with Gasteiger partial charge in [-0.25, -0.2) is 8.42 Å². The number of carbonyl (C=O) groups excluding carboxylic acids is 2. The van der Waals surface area contributed by atoms with Crippen LogP contribution in [-0.2, 0) is 19.6 Å². The molecule has 1 aromatic rings. The largest absolute Gasteiger partial charge is 0.339 e. The van der Waals surface area contributed by atoms with Gasteiger partial charge in [-0.1, -0.05) is 6.07 Å². The van der Waals surface area contributed by atoms with Crippen LogP contribution in [0.15, 0.2) is 21.7 Å². The van der Waals surface area contributed by atoms with E-state index < -0.39 is 16.1 Å². The molecule has 4 rings (SSSR count). The van der Waals surface area contributed by atoms with E-state index in [-0.39, 0.29) is 11.8 Å². The monoisotopic (exact) mass is 468 g/mol. The number of carbonyl (C=O) groups is 2. The average molecular weight is 469 g/mol. The van der Waals surface area contributed by atoms with Crippen molar-refractivity contribution in [1.82, 2.24) is 19.0 Å². The van der Waals surface area contributed by atoms with E-state index in [1.165, 1.54) is 22.1 Å². The average Bonchev–Trinajstić information content (AvgIpc) is 3.47. The standard InChI is InChI=1S/C21H32N4O4S2/c1-17-6-2-3-9-24(17)19(26)16-22-11-13-23(14-12-22)21(27)18-7-4-10-25(18)31(28,29)20-8-5-15-30-20/h5,8,15,17-18H,2-4,6-7,9-14,16H2,1H3. The number of rotatable bonds is 5. The molecule has 2 unspecified atom stereocenters. The van der Waals surface area contributed by atoms with E-state index in [1.54, 1.807) is 22.4 Å². The minimum Gasteiger partial charge on any atom is -0.339 e. The Kier molecular flexibility index (Phi) is 7.00. The van der Waals surface area contributed by atoms with Crippen LogP contribution in [-0.4, -0.2) is 97.1 Å². The number of hydrogen-bond donors (Lipinski definition) is 0. The quantitative estimate of drug-likeness (QED) is 0.653. The maximum absolute atomic E-state index is 13.2. The Hall–Kier alpha value is -1.49. The Labute approximate surface area is 188 Å². The van der Waals surface area contributed by atoms with Gasteiger partial charge in [-0.2, -0.15) is 4.31 Å². The smallest absolute Gasteiger partial charge is 0.253 e.